The van der Waals surface area contributed by atoms with E-state index >= 15 is 0 Å². The van der Waals surface area contributed by atoms with E-state index in [0.29, 0.717) is 5.39 Å². The minimum absolute atomic E-state index is 0.00761. The van der Waals surface area contributed by atoms with Gasteiger partial charge in [0.05, 0.1) is 18.6 Å². The van der Waals surface area contributed by atoms with Gasteiger partial charge in [-0.05, 0) is 6.07 Å². The summed E-state index contributed by atoms with van der Waals surface area (Å²) in [5.74, 6) is -0.700. The summed E-state index contributed by atoms with van der Waals surface area (Å²) in [7, 11) is 0. The second kappa shape index (κ2) is 5.35. The second-order valence-electron chi connectivity index (χ2n) is 4.74. The predicted molar refractivity (Wildman–Crippen MR) is 77.1 cm³/mol. The Balaban J connectivity index is 1.92. The van der Waals surface area contributed by atoms with E-state index in [1.54, 1.807) is 0 Å². The zero-order valence-electron chi connectivity index (χ0n) is 10.8. The molecule has 7 heteroatoms. The Bertz CT molecular complexity index is 700. The number of nitrogens with zero attached hydrogens (tertiary/aromatic N) is 1. The number of nitrogens with two attached hydrogens (primary N) is 1. The molecule has 2 aromatic rings. The summed E-state index contributed by atoms with van der Waals surface area (Å²) < 4.78 is 5.31. The van der Waals surface area contributed by atoms with E-state index < -0.39 is 5.91 Å². The lowest BCUT2D eigenvalue weighted by Crippen LogP contribution is -2.35. The quantitative estimate of drug-likeness (QED) is 0.863. The van der Waals surface area contributed by atoms with Gasteiger partial charge in [0.25, 0.3) is 5.91 Å². The van der Waals surface area contributed by atoms with E-state index in [1.807, 2.05) is 6.07 Å². The van der Waals surface area contributed by atoms with Gasteiger partial charge >= 0.3 is 0 Å². The molecule has 1 aliphatic heterocycles. The number of H-pyrrole nitrogens is 1. The molecule has 106 valence electrons. The number of amides is 1. The Labute approximate surface area is 119 Å². The highest BCUT2D eigenvalue weighted by Crippen LogP contribution is 2.23. The van der Waals surface area contributed by atoms with Gasteiger partial charge in [0.1, 0.15) is 10.4 Å². The second-order valence-corrected chi connectivity index (χ2v) is 5.88. The largest absolute Gasteiger partial charge is 0.379 e. The smallest absolute Gasteiger partial charge is 0.254 e. The van der Waals surface area contributed by atoms with E-state index in [2.05, 4.69) is 9.88 Å². The number of ether oxygens (including phenoxy) is 1. The number of carbonyl (C=O) groups excluding carboxylic acids is 1. The number of rotatable bonds is 3. The highest BCUT2D eigenvalue weighted by Gasteiger charge is 2.15. The first kappa shape index (κ1) is 13.3. The summed E-state index contributed by atoms with van der Waals surface area (Å²) in [4.78, 5) is 30.4. The zero-order valence-corrected chi connectivity index (χ0v) is 11.7. The number of aromatic amines is 1. The molecule has 0 atom stereocenters. The molecule has 0 unspecified atom stereocenters. The van der Waals surface area contributed by atoms with E-state index in [0.717, 1.165) is 42.6 Å². The SMILES string of the molecule is NC(=O)c1c[nH]c2sc(CN3CCOCC3)cc2c1=O. The van der Waals surface area contributed by atoms with Crippen LogP contribution in [0.2, 0.25) is 0 Å². The number of carbonyl (C=O) groups is 1. The summed E-state index contributed by atoms with van der Waals surface area (Å²) in [6, 6.07) is 1.85. The monoisotopic (exact) mass is 293 g/mol. The molecule has 0 aliphatic carbocycles. The Morgan fingerprint density at radius 3 is 2.90 bits per heavy atom. The predicted octanol–water partition coefficient (Wildman–Crippen LogP) is 0.521. The van der Waals surface area contributed by atoms with Crippen LogP contribution in [0.3, 0.4) is 0 Å². The molecule has 1 saturated heterocycles. The van der Waals surface area contributed by atoms with Crippen molar-refractivity contribution in [1.29, 1.82) is 0 Å². The maximum atomic E-state index is 12.1. The fraction of sp³-hybridized carbons (Fsp3) is 0.385. The molecular weight excluding hydrogens is 278 g/mol. The van der Waals surface area contributed by atoms with Crippen LogP contribution < -0.4 is 11.2 Å². The summed E-state index contributed by atoms with van der Waals surface area (Å²) in [6.45, 7) is 4.08. The van der Waals surface area contributed by atoms with Crippen LogP contribution in [-0.2, 0) is 11.3 Å². The fourth-order valence-corrected chi connectivity index (χ4v) is 3.37. The van der Waals surface area contributed by atoms with Gasteiger partial charge in [0, 0.05) is 30.7 Å². The van der Waals surface area contributed by atoms with Crippen molar-refractivity contribution in [2.75, 3.05) is 26.3 Å². The van der Waals surface area contributed by atoms with Crippen LogP contribution in [0.25, 0.3) is 10.2 Å². The normalized spacial score (nSPS) is 16.6. The van der Waals surface area contributed by atoms with Crippen LogP contribution in [0.4, 0.5) is 0 Å². The number of hydrogen-bond acceptors (Lipinski definition) is 5. The minimum atomic E-state index is -0.700. The lowest BCUT2D eigenvalue weighted by Gasteiger charge is -2.25. The Kier molecular flexibility index (Phi) is 3.56. The Morgan fingerprint density at radius 1 is 1.45 bits per heavy atom. The van der Waals surface area contributed by atoms with Gasteiger partial charge in [-0.1, -0.05) is 0 Å². The van der Waals surface area contributed by atoms with Gasteiger partial charge in [-0.15, -0.1) is 11.3 Å². The topological polar surface area (TPSA) is 88.4 Å². The van der Waals surface area contributed by atoms with Crippen LogP contribution in [0.1, 0.15) is 15.2 Å². The molecule has 2 aromatic heterocycles. The number of thiophene rings is 1. The molecule has 0 aromatic carbocycles. The number of pyridine rings is 1. The fourth-order valence-electron chi connectivity index (χ4n) is 2.31. The van der Waals surface area contributed by atoms with Crippen LogP contribution in [-0.4, -0.2) is 42.1 Å². The van der Waals surface area contributed by atoms with Crippen molar-refractivity contribution >= 4 is 27.5 Å². The molecule has 0 bridgehead atoms. The number of nitrogens with one attached hydrogen (secondary N) is 1. The molecule has 0 radical (unpaired) electrons. The van der Waals surface area contributed by atoms with Gasteiger partial charge in [-0.25, -0.2) is 0 Å². The minimum Gasteiger partial charge on any atom is -0.379 e. The highest BCUT2D eigenvalue weighted by molar-refractivity contribution is 7.18. The lowest BCUT2D eigenvalue weighted by atomic mass is 10.2. The Hall–Kier alpha value is -1.70. The van der Waals surface area contributed by atoms with Crippen LogP contribution in [0.15, 0.2) is 17.1 Å². The standard InChI is InChI=1S/C13H15N3O3S/c14-12(18)10-6-15-13-9(11(10)17)5-8(20-13)7-16-1-3-19-4-2-16/h5-6H,1-4,7H2,(H2,14,18)(H,15,17). The van der Waals surface area contributed by atoms with Crippen molar-refractivity contribution in [3.63, 3.8) is 0 Å². The number of morpholine rings is 1. The van der Waals surface area contributed by atoms with Crippen LogP contribution in [0, 0.1) is 0 Å². The number of hydrogen-bond donors (Lipinski definition) is 2. The van der Waals surface area contributed by atoms with Gasteiger partial charge in [0.15, 0.2) is 0 Å². The third-order valence-electron chi connectivity index (χ3n) is 3.37. The summed E-state index contributed by atoms with van der Waals surface area (Å²) in [5.41, 5.74) is 4.90. The van der Waals surface area contributed by atoms with E-state index in [9.17, 15) is 9.59 Å². The third kappa shape index (κ3) is 2.47. The zero-order chi connectivity index (χ0) is 14.1. The molecule has 3 N–H and O–H groups in total. The van der Waals surface area contributed by atoms with Crippen molar-refractivity contribution in [2.45, 2.75) is 6.54 Å². The summed E-state index contributed by atoms with van der Waals surface area (Å²) >= 11 is 1.54. The molecule has 0 saturated carbocycles. The number of fused-ring (bicyclic) bond motifs is 1. The average molecular weight is 293 g/mol. The molecule has 1 amide bonds. The van der Waals surface area contributed by atoms with E-state index in [4.69, 9.17) is 10.5 Å². The first-order valence-electron chi connectivity index (χ1n) is 6.39. The van der Waals surface area contributed by atoms with Gasteiger partial charge in [-0.2, -0.15) is 0 Å². The maximum absolute atomic E-state index is 12.1. The van der Waals surface area contributed by atoms with Crippen molar-refractivity contribution in [3.05, 3.63) is 32.9 Å². The molecule has 0 spiro atoms. The maximum Gasteiger partial charge on any atom is 0.254 e. The van der Waals surface area contributed by atoms with Crippen molar-refractivity contribution in [2.24, 2.45) is 5.73 Å². The van der Waals surface area contributed by atoms with Crippen molar-refractivity contribution in [1.82, 2.24) is 9.88 Å². The first-order chi connectivity index (χ1) is 9.65. The molecular formula is C13H15N3O3S. The van der Waals surface area contributed by atoms with Crippen molar-refractivity contribution in [3.8, 4) is 0 Å². The van der Waals surface area contributed by atoms with Gasteiger partial charge in [-0.3, -0.25) is 14.5 Å². The number of aromatic nitrogens is 1. The highest BCUT2D eigenvalue weighted by atomic mass is 32.1. The molecule has 3 rings (SSSR count). The Morgan fingerprint density at radius 2 is 2.20 bits per heavy atom. The van der Waals surface area contributed by atoms with E-state index in [-0.39, 0.29) is 11.0 Å². The third-order valence-corrected chi connectivity index (χ3v) is 4.42. The summed E-state index contributed by atoms with van der Waals surface area (Å²) in [6.07, 6.45) is 1.39. The molecule has 3 heterocycles. The number of primary amides is 1. The molecule has 6 nitrogen and oxygen atoms in total. The average Bonchev–Trinajstić information content (AvgIpc) is 2.83. The molecule has 1 aliphatic rings. The van der Waals surface area contributed by atoms with Gasteiger partial charge in [0.2, 0.25) is 5.43 Å². The lowest BCUT2D eigenvalue weighted by molar-refractivity contribution is 0.0346. The van der Waals surface area contributed by atoms with Crippen molar-refractivity contribution < 1.29 is 9.53 Å². The molecule has 1 fully saturated rings. The molecule has 20 heavy (non-hydrogen) atoms. The van der Waals surface area contributed by atoms with Gasteiger partial charge < -0.3 is 15.5 Å². The van der Waals surface area contributed by atoms with Crippen LogP contribution in [0.5, 0.6) is 0 Å². The summed E-state index contributed by atoms with van der Waals surface area (Å²) in [5, 5.41) is 0.537. The van der Waals surface area contributed by atoms with E-state index in [1.165, 1.54) is 17.5 Å². The van der Waals surface area contributed by atoms with Crippen LogP contribution >= 0.6 is 11.3 Å². The first-order valence-corrected chi connectivity index (χ1v) is 7.21.